The molecule has 0 bridgehead atoms. The van der Waals surface area contributed by atoms with E-state index in [1.54, 1.807) is 0 Å². The molecule has 0 aromatic heterocycles. The summed E-state index contributed by atoms with van der Waals surface area (Å²) in [5.74, 6) is 0. The highest BCUT2D eigenvalue weighted by atomic mass is 79.9. The highest BCUT2D eigenvalue weighted by Crippen LogP contribution is 2.20. The molecule has 5 nitrogen and oxygen atoms in total. The second kappa shape index (κ2) is 5.99. The lowest BCUT2D eigenvalue weighted by atomic mass is 10.0. The van der Waals surface area contributed by atoms with Gasteiger partial charge in [-0.1, -0.05) is 15.9 Å². The lowest BCUT2D eigenvalue weighted by Gasteiger charge is -2.35. The molecule has 0 aromatic rings. The van der Waals surface area contributed by atoms with Crippen molar-refractivity contribution in [1.29, 1.82) is 0 Å². The van der Waals surface area contributed by atoms with Crippen LogP contribution in [-0.4, -0.2) is 58.5 Å². The Morgan fingerprint density at radius 2 is 2.14 bits per heavy atom. The summed E-state index contributed by atoms with van der Waals surface area (Å²) in [7, 11) is 0. The van der Waals surface area contributed by atoms with Crippen LogP contribution >= 0.6 is 15.9 Å². The van der Waals surface area contributed by atoms with E-state index in [2.05, 4.69) is 15.9 Å². The molecule has 1 unspecified atom stereocenters. The Bertz CT molecular complexity index is 168. The molecule has 6 heteroatoms. The van der Waals surface area contributed by atoms with E-state index in [4.69, 9.17) is 14.6 Å². The van der Waals surface area contributed by atoms with Crippen LogP contribution < -0.4 is 0 Å². The van der Waals surface area contributed by atoms with Crippen LogP contribution in [0.5, 0.6) is 0 Å². The van der Waals surface area contributed by atoms with Gasteiger partial charge < -0.3 is 24.8 Å². The number of halogens is 1. The summed E-state index contributed by atoms with van der Waals surface area (Å²) in [6.45, 7) is 0.137. The molecular weight excluding hydrogens is 256 g/mol. The van der Waals surface area contributed by atoms with Crippen LogP contribution in [0.1, 0.15) is 6.42 Å². The molecule has 1 aliphatic heterocycles. The van der Waals surface area contributed by atoms with Crippen molar-refractivity contribution in [3.8, 4) is 0 Å². The van der Waals surface area contributed by atoms with E-state index < -0.39 is 24.6 Å². The fraction of sp³-hybridized carbons (Fsp3) is 1.00. The SMILES string of the molecule is OCC1O[C@H](OCCBr)C[C@@H](O)[C@@H]1O. The first-order valence-electron chi connectivity index (χ1n) is 4.49. The second-order valence-electron chi connectivity index (χ2n) is 3.14. The largest absolute Gasteiger partial charge is 0.394 e. The van der Waals surface area contributed by atoms with E-state index in [-0.39, 0.29) is 13.0 Å². The Kier molecular flexibility index (Phi) is 5.29. The first-order chi connectivity index (χ1) is 6.69. The molecule has 84 valence electrons. The third-order valence-electron chi connectivity index (χ3n) is 2.10. The van der Waals surface area contributed by atoms with Gasteiger partial charge >= 0.3 is 0 Å². The topological polar surface area (TPSA) is 79.2 Å². The molecule has 4 atom stereocenters. The van der Waals surface area contributed by atoms with Crippen LogP contribution in [0, 0.1) is 0 Å². The number of rotatable bonds is 4. The van der Waals surface area contributed by atoms with Crippen LogP contribution in [0.25, 0.3) is 0 Å². The average molecular weight is 271 g/mol. The first kappa shape index (κ1) is 12.4. The number of ether oxygens (including phenoxy) is 2. The van der Waals surface area contributed by atoms with Gasteiger partial charge in [0.2, 0.25) is 0 Å². The molecule has 1 rings (SSSR count). The molecule has 1 heterocycles. The fourth-order valence-corrected chi connectivity index (χ4v) is 1.54. The monoisotopic (exact) mass is 270 g/mol. The van der Waals surface area contributed by atoms with Crippen molar-refractivity contribution in [3.05, 3.63) is 0 Å². The van der Waals surface area contributed by atoms with Crippen molar-refractivity contribution >= 4 is 15.9 Å². The second-order valence-corrected chi connectivity index (χ2v) is 3.93. The summed E-state index contributed by atoms with van der Waals surface area (Å²) in [5.41, 5.74) is 0. The maximum absolute atomic E-state index is 9.42. The molecule has 0 amide bonds. The quantitative estimate of drug-likeness (QED) is 0.585. The van der Waals surface area contributed by atoms with Gasteiger partial charge in [-0.25, -0.2) is 0 Å². The minimum atomic E-state index is -1.04. The highest BCUT2D eigenvalue weighted by molar-refractivity contribution is 9.09. The number of alkyl halides is 1. The van der Waals surface area contributed by atoms with Gasteiger partial charge in [-0.05, 0) is 0 Å². The number of hydrogen-bond acceptors (Lipinski definition) is 5. The summed E-state index contributed by atoms with van der Waals surface area (Å²) in [6, 6.07) is 0. The van der Waals surface area contributed by atoms with E-state index in [1.165, 1.54) is 0 Å². The molecule has 0 saturated carbocycles. The number of aliphatic hydroxyl groups is 3. The maximum Gasteiger partial charge on any atom is 0.160 e. The van der Waals surface area contributed by atoms with E-state index in [0.717, 1.165) is 0 Å². The summed E-state index contributed by atoms with van der Waals surface area (Å²) >= 11 is 3.19. The summed E-state index contributed by atoms with van der Waals surface area (Å²) in [6.07, 6.45) is -3.03. The Labute approximate surface area is 90.8 Å². The molecule has 3 N–H and O–H groups in total. The molecule has 1 aliphatic rings. The first-order valence-corrected chi connectivity index (χ1v) is 5.61. The molecule has 0 aliphatic carbocycles. The van der Waals surface area contributed by atoms with Crippen molar-refractivity contribution in [2.75, 3.05) is 18.5 Å². The van der Waals surface area contributed by atoms with Gasteiger partial charge in [-0.2, -0.15) is 0 Å². The molecule has 1 fully saturated rings. The standard InChI is InChI=1S/C8H15BrO5/c9-1-2-13-7-3-5(11)8(12)6(4-10)14-7/h5-8,10-12H,1-4H2/t5-,6?,7+,8+/m1/s1. The zero-order valence-electron chi connectivity index (χ0n) is 7.67. The molecule has 0 aromatic carbocycles. The van der Waals surface area contributed by atoms with Gasteiger partial charge in [0.15, 0.2) is 6.29 Å². The summed E-state index contributed by atoms with van der Waals surface area (Å²) < 4.78 is 10.4. The van der Waals surface area contributed by atoms with Crippen molar-refractivity contribution in [1.82, 2.24) is 0 Å². The van der Waals surface area contributed by atoms with E-state index >= 15 is 0 Å². The van der Waals surface area contributed by atoms with Crippen molar-refractivity contribution in [3.63, 3.8) is 0 Å². The van der Waals surface area contributed by atoms with Gasteiger partial charge in [0.25, 0.3) is 0 Å². The van der Waals surface area contributed by atoms with Crippen LogP contribution in [0.4, 0.5) is 0 Å². The Morgan fingerprint density at radius 1 is 1.43 bits per heavy atom. The van der Waals surface area contributed by atoms with Crippen LogP contribution in [0.15, 0.2) is 0 Å². The van der Waals surface area contributed by atoms with Crippen molar-refractivity contribution < 1.29 is 24.8 Å². The van der Waals surface area contributed by atoms with Crippen LogP contribution in [-0.2, 0) is 9.47 Å². The molecule has 0 spiro atoms. The molecule has 1 saturated heterocycles. The van der Waals surface area contributed by atoms with E-state index in [9.17, 15) is 10.2 Å². The van der Waals surface area contributed by atoms with Gasteiger partial charge in [0.05, 0.1) is 19.3 Å². The molecule has 14 heavy (non-hydrogen) atoms. The minimum Gasteiger partial charge on any atom is -0.394 e. The zero-order valence-corrected chi connectivity index (χ0v) is 9.26. The van der Waals surface area contributed by atoms with Crippen LogP contribution in [0.3, 0.4) is 0 Å². The van der Waals surface area contributed by atoms with Gasteiger partial charge in [0.1, 0.15) is 12.2 Å². The summed E-state index contributed by atoms with van der Waals surface area (Å²) in [5, 5.41) is 28.3. The third kappa shape index (κ3) is 3.15. The number of aliphatic hydroxyl groups excluding tert-OH is 3. The van der Waals surface area contributed by atoms with Crippen molar-refractivity contribution in [2.45, 2.75) is 31.0 Å². The maximum atomic E-state index is 9.42. The zero-order chi connectivity index (χ0) is 10.6. The highest BCUT2D eigenvalue weighted by Gasteiger charge is 2.36. The lowest BCUT2D eigenvalue weighted by Crippen LogP contribution is -2.50. The Balaban J connectivity index is 2.41. The van der Waals surface area contributed by atoms with Crippen LogP contribution in [0.2, 0.25) is 0 Å². The van der Waals surface area contributed by atoms with E-state index in [0.29, 0.717) is 11.9 Å². The number of hydrogen-bond donors (Lipinski definition) is 3. The van der Waals surface area contributed by atoms with Gasteiger partial charge in [0, 0.05) is 11.8 Å². The fourth-order valence-electron chi connectivity index (χ4n) is 1.35. The smallest absolute Gasteiger partial charge is 0.160 e. The Hall–Kier alpha value is 0.280. The summed E-state index contributed by atoms with van der Waals surface area (Å²) in [4.78, 5) is 0. The lowest BCUT2D eigenvalue weighted by molar-refractivity contribution is -0.255. The minimum absolute atomic E-state index is 0.227. The van der Waals surface area contributed by atoms with Gasteiger partial charge in [-0.15, -0.1) is 0 Å². The van der Waals surface area contributed by atoms with Crippen molar-refractivity contribution in [2.24, 2.45) is 0 Å². The normalized spacial score (nSPS) is 38.6. The average Bonchev–Trinajstić information content (AvgIpc) is 2.19. The van der Waals surface area contributed by atoms with E-state index in [1.807, 2.05) is 0 Å². The third-order valence-corrected chi connectivity index (χ3v) is 2.42. The Morgan fingerprint density at radius 3 is 2.71 bits per heavy atom. The molecular formula is C8H15BrO5. The predicted molar refractivity (Wildman–Crippen MR) is 52.1 cm³/mol. The molecule has 0 radical (unpaired) electrons. The predicted octanol–water partition coefficient (Wildman–Crippen LogP) is -0.773. The van der Waals surface area contributed by atoms with Gasteiger partial charge in [-0.3, -0.25) is 0 Å².